The summed E-state index contributed by atoms with van der Waals surface area (Å²) in [4.78, 5) is 17.3. The van der Waals surface area contributed by atoms with Gasteiger partial charge < -0.3 is 19.5 Å². The molecule has 8 heteroatoms. The van der Waals surface area contributed by atoms with Crippen molar-refractivity contribution in [3.8, 4) is 5.75 Å². The number of carbonyl (C=O) groups is 1. The lowest BCUT2D eigenvalue weighted by Crippen LogP contribution is -2.35. The minimum Gasteiger partial charge on any atom is -0.491 e. The van der Waals surface area contributed by atoms with Crippen LogP contribution in [0, 0.1) is 12.8 Å². The molecule has 3 aromatic rings. The average molecular weight is 463 g/mol. The van der Waals surface area contributed by atoms with Crippen molar-refractivity contribution in [1.29, 1.82) is 0 Å². The van der Waals surface area contributed by atoms with Crippen LogP contribution in [0.25, 0.3) is 10.9 Å². The van der Waals surface area contributed by atoms with Crippen molar-refractivity contribution in [1.82, 2.24) is 14.8 Å². The maximum absolute atomic E-state index is 12.9. The maximum Gasteiger partial charge on any atom is 0.274 e. The summed E-state index contributed by atoms with van der Waals surface area (Å²) in [5, 5.41) is 8.86. The van der Waals surface area contributed by atoms with Crippen LogP contribution in [0.1, 0.15) is 60.7 Å². The number of aryl methyl sites for hydroxylation is 1. The van der Waals surface area contributed by atoms with Crippen LogP contribution in [0.4, 0.5) is 5.69 Å². The lowest BCUT2D eigenvalue weighted by molar-refractivity contribution is -0.181. The maximum atomic E-state index is 12.9. The fraction of sp³-hybridized carbons (Fsp3) is 0.500. The standard InChI is InChI=1S/C26H30N4O4/c1-17-3-2-4-21(27-17)25(31)28-23-13-19-15-30(20-7-9-26(10-8-20)33-11-12-34-26)29-22(19)14-24(23)32-16-18-5-6-18/h2-4,13-15,18,20H,5-12,16H2,1H3,(H,28,31). The molecular weight excluding hydrogens is 432 g/mol. The Balaban J connectivity index is 1.25. The summed E-state index contributed by atoms with van der Waals surface area (Å²) in [6.45, 7) is 3.90. The number of hydrogen-bond acceptors (Lipinski definition) is 6. The summed E-state index contributed by atoms with van der Waals surface area (Å²) in [6.07, 6.45) is 8.15. The molecule has 2 aliphatic carbocycles. The van der Waals surface area contributed by atoms with Crippen molar-refractivity contribution >= 4 is 22.5 Å². The minimum absolute atomic E-state index is 0.249. The summed E-state index contributed by atoms with van der Waals surface area (Å²) < 4.78 is 19.9. The van der Waals surface area contributed by atoms with Gasteiger partial charge in [0.2, 0.25) is 0 Å². The van der Waals surface area contributed by atoms with Crippen molar-refractivity contribution in [3.63, 3.8) is 0 Å². The molecule has 1 aliphatic heterocycles. The first-order valence-electron chi connectivity index (χ1n) is 12.3. The second-order valence-corrected chi connectivity index (χ2v) is 9.73. The number of ether oxygens (including phenoxy) is 3. The first-order valence-corrected chi connectivity index (χ1v) is 12.3. The molecule has 0 bridgehead atoms. The molecule has 6 rings (SSSR count). The molecule has 178 valence electrons. The number of carbonyl (C=O) groups excluding carboxylic acids is 1. The van der Waals surface area contributed by atoms with Gasteiger partial charge in [0.15, 0.2) is 5.79 Å². The van der Waals surface area contributed by atoms with Crippen molar-refractivity contribution in [2.45, 2.75) is 57.3 Å². The Hall–Kier alpha value is -2.97. The zero-order valence-electron chi connectivity index (χ0n) is 19.5. The zero-order valence-corrected chi connectivity index (χ0v) is 19.5. The van der Waals surface area contributed by atoms with E-state index in [1.807, 2.05) is 31.2 Å². The Labute approximate surface area is 198 Å². The highest BCUT2D eigenvalue weighted by atomic mass is 16.7. The molecule has 1 saturated heterocycles. The Kier molecular flexibility index (Phi) is 5.50. The summed E-state index contributed by atoms with van der Waals surface area (Å²) in [6, 6.07) is 9.64. The quantitative estimate of drug-likeness (QED) is 0.574. The second-order valence-electron chi connectivity index (χ2n) is 9.73. The van der Waals surface area contributed by atoms with Gasteiger partial charge in [-0.25, -0.2) is 4.98 Å². The van der Waals surface area contributed by atoms with Crippen LogP contribution >= 0.6 is 0 Å². The summed E-state index contributed by atoms with van der Waals surface area (Å²) in [5.74, 6) is 0.625. The number of fused-ring (bicyclic) bond motifs is 1. The molecule has 2 saturated carbocycles. The molecule has 0 unspecified atom stereocenters. The Bertz CT molecular complexity index is 1200. The van der Waals surface area contributed by atoms with E-state index >= 15 is 0 Å². The fourth-order valence-electron chi connectivity index (χ4n) is 4.92. The largest absolute Gasteiger partial charge is 0.491 e. The number of amides is 1. The van der Waals surface area contributed by atoms with Gasteiger partial charge in [-0.15, -0.1) is 0 Å². The first-order chi connectivity index (χ1) is 16.6. The van der Waals surface area contributed by atoms with Crippen LogP contribution in [0.3, 0.4) is 0 Å². The highest BCUT2D eigenvalue weighted by molar-refractivity contribution is 6.05. The van der Waals surface area contributed by atoms with Crippen LogP contribution in [0.5, 0.6) is 5.75 Å². The summed E-state index contributed by atoms with van der Waals surface area (Å²) in [7, 11) is 0. The third-order valence-corrected chi connectivity index (χ3v) is 7.07. The molecule has 2 aromatic heterocycles. The Morgan fingerprint density at radius 1 is 1.18 bits per heavy atom. The summed E-state index contributed by atoms with van der Waals surface area (Å²) >= 11 is 0. The normalized spacial score (nSPS) is 20.1. The van der Waals surface area contributed by atoms with E-state index in [0.717, 1.165) is 42.3 Å². The SMILES string of the molecule is Cc1cccc(C(=O)Nc2cc3cn(C4CCC5(CC4)OCCO5)nc3cc2OCC2CC2)n1. The van der Waals surface area contributed by atoms with Gasteiger partial charge in [-0.3, -0.25) is 9.48 Å². The number of aromatic nitrogens is 3. The van der Waals surface area contributed by atoms with Gasteiger partial charge in [-0.05, 0) is 56.7 Å². The highest BCUT2D eigenvalue weighted by Crippen LogP contribution is 2.41. The van der Waals surface area contributed by atoms with Crippen molar-refractivity contribution in [2.75, 3.05) is 25.1 Å². The van der Waals surface area contributed by atoms with Gasteiger partial charge in [-0.1, -0.05) is 6.07 Å². The number of nitrogens with one attached hydrogen (secondary N) is 1. The lowest BCUT2D eigenvalue weighted by Gasteiger charge is -2.35. The number of anilines is 1. The van der Waals surface area contributed by atoms with Crippen molar-refractivity contribution in [2.24, 2.45) is 5.92 Å². The smallest absolute Gasteiger partial charge is 0.274 e. The molecule has 0 radical (unpaired) electrons. The van der Waals surface area contributed by atoms with E-state index in [2.05, 4.69) is 21.2 Å². The zero-order chi connectivity index (χ0) is 23.1. The number of nitrogens with zero attached hydrogens (tertiary/aromatic N) is 3. The van der Waals surface area contributed by atoms with E-state index in [1.54, 1.807) is 6.07 Å². The second kappa shape index (κ2) is 8.67. The van der Waals surface area contributed by atoms with Crippen LogP contribution in [0.15, 0.2) is 36.5 Å². The van der Waals surface area contributed by atoms with E-state index in [9.17, 15) is 4.79 Å². The third-order valence-electron chi connectivity index (χ3n) is 7.07. The van der Waals surface area contributed by atoms with E-state index < -0.39 is 0 Å². The molecule has 34 heavy (non-hydrogen) atoms. The van der Waals surface area contributed by atoms with E-state index in [4.69, 9.17) is 19.3 Å². The molecule has 1 N–H and O–H groups in total. The Morgan fingerprint density at radius 3 is 2.71 bits per heavy atom. The first kappa shape index (κ1) is 21.6. The minimum atomic E-state index is -0.381. The van der Waals surface area contributed by atoms with Gasteiger partial charge in [0.1, 0.15) is 11.4 Å². The number of benzene rings is 1. The fourth-order valence-corrected chi connectivity index (χ4v) is 4.92. The Morgan fingerprint density at radius 2 is 1.97 bits per heavy atom. The van der Waals surface area contributed by atoms with Crippen LogP contribution in [0.2, 0.25) is 0 Å². The lowest BCUT2D eigenvalue weighted by atomic mass is 9.90. The average Bonchev–Trinajstić information content (AvgIpc) is 3.42. The van der Waals surface area contributed by atoms with Crippen molar-refractivity contribution in [3.05, 3.63) is 47.9 Å². The van der Waals surface area contributed by atoms with Crippen LogP contribution < -0.4 is 10.1 Å². The van der Waals surface area contributed by atoms with Gasteiger partial charge in [0.25, 0.3) is 5.91 Å². The molecule has 8 nitrogen and oxygen atoms in total. The van der Waals surface area contributed by atoms with Gasteiger partial charge in [0.05, 0.1) is 37.1 Å². The molecule has 1 aromatic carbocycles. The molecular formula is C26H30N4O4. The number of pyridine rings is 1. The molecule has 1 spiro atoms. The van der Waals surface area contributed by atoms with Crippen molar-refractivity contribution < 1.29 is 19.0 Å². The molecule has 1 amide bonds. The predicted octanol–water partition coefficient (Wildman–Crippen LogP) is 4.64. The van der Waals surface area contributed by atoms with E-state index in [-0.39, 0.29) is 11.7 Å². The van der Waals surface area contributed by atoms with Gasteiger partial charge in [-0.2, -0.15) is 5.10 Å². The molecule has 3 aliphatic rings. The predicted molar refractivity (Wildman–Crippen MR) is 127 cm³/mol. The molecule has 3 heterocycles. The number of rotatable bonds is 6. The van der Waals surface area contributed by atoms with E-state index in [0.29, 0.717) is 48.9 Å². The number of hydrogen-bond donors (Lipinski definition) is 1. The van der Waals surface area contributed by atoms with Crippen LogP contribution in [-0.4, -0.2) is 46.3 Å². The summed E-state index contributed by atoms with van der Waals surface area (Å²) in [5.41, 5.74) is 2.70. The monoisotopic (exact) mass is 462 g/mol. The topological polar surface area (TPSA) is 87.5 Å². The van der Waals surface area contributed by atoms with Gasteiger partial charge in [0, 0.05) is 36.2 Å². The van der Waals surface area contributed by atoms with Crippen LogP contribution in [-0.2, 0) is 9.47 Å². The molecule has 3 fully saturated rings. The van der Waals surface area contributed by atoms with Gasteiger partial charge >= 0.3 is 0 Å². The molecule has 0 atom stereocenters. The highest BCUT2D eigenvalue weighted by Gasteiger charge is 2.40. The van der Waals surface area contributed by atoms with E-state index in [1.165, 1.54) is 12.8 Å². The third kappa shape index (κ3) is 4.40.